The molecule has 0 saturated carbocycles. The number of aromatic amines is 1. The van der Waals surface area contributed by atoms with Crippen molar-refractivity contribution in [2.75, 3.05) is 12.9 Å². The largest absolute Gasteiger partial charge is 0.475 e. The molecule has 1 saturated heterocycles. The smallest absolute Gasteiger partial charge is 0.260 e. The van der Waals surface area contributed by atoms with Crippen LogP contribution in [-0.4, -0.2) is 46.2 Å². The second kappa shape index (κ2) is 7.92. The highest BCUT2D eigenvalue weighted by atomic mass is 32.2. The molecule has 0 bridgehead atoms. The number of aliphatic imine (C=N–C) groups is 1. The Morgan fingerprint density at radius 3 is 2.87 bits per heavy atom. The Labute approximate surface area is 139 Å². The molecule has 0 amide bonds. The SMILES string of the molecule is CCOC(=NC(=N)SC)c1ncc([C@@H]2O[C@H](CC)[C@@H](C)[C@H]2F)[nH]1. The predicted octanol–water partition coefficient (Wildman–Crippen LogP) is 3.31. The summed E-state index contributed by atoms with van der Waals surface area (Å²) in [5, 5.41) is 7.77. The molecule has 0 radical (unpaired) electrons. The zero-order chi connectivity index (χ0) is 17.0. The normalized spacial score (nSPS) is 28.1. The highest BCUT2D eigenvalue weighted by Gasteiger charge is 2.43. The van der Waals surface area contributed by atoms with Gasteiger partial charge in [-0.1, -0.05) is 25.6 Å². The zero-order valence-electron chi connectivity index (χ0n) is 13.8. The van der Waals surface area contributed by atoms with Crippen LogP contribution in [0.25, 0.3) is 0 Å². The Bertz CT molecular complexity index is 578. The second-order valence-electron chi connectivity index (χ2n) is 5.35. The highest BCUT2D eigenvalue weighted by Crippen LogP contribution is 2.39. The Morgan fingerprint density at radius 1 is 1.57 bits per heavy atom. The monoisotopic (exact) mass is 342 g/mol. The van der Waals surface area contributed by atoms with Crippen molar-refractivity contribution in [3.8, 4) is 0 Å². The van der Waals surface area contributed by atoms with E-state index in [0.717, 1.165) is 6.42 Å². The summed E-state index contributed by atoms with van der Waals surface area (Å²) in [4.78, 5) is 11.3. The minimum atomic E-state index is -1.08. The molecule has 6 nitrogen and oxygen atoms in total. The van der Waals surface area contributed by atoms with Crippen molar-refractivity contribution in [2.24, 2.45) is 10.9 Å². The van der Waals surface area contributed by atoms with Gasteiger partial charge in [-0.05, 0) is 19.6 Å². The van der Waals surface area contributed by atoms with E-state index in [9.17, 15) is 4.39 Å². The number of nitrogens with zero attached hydrogens (tertiary/aromatic N) is 2. The minimum absolute atomic E-state index is 0.0913. The zero-order valence-corrected chi connectivity index (χ0v) is 14.6. The maximum Gasteiger partial charge on any atom is 0.260 e. The van der Waals surface area contributed by atoms with Gasteiger partial charge in [-0.2, -0.15) is 4.99 Å². The Balaban J connectivity index is 2.22. The Kier molecular flexibility index (Phi) is 6.17. The second-order valence-corrected chi connectivity index (χ2v) is 6.15. The van der Waals surface area contributed by atoms with Gasteiger partial charge in [0.2, 0.25) is 0 Å². The Hall–Kier alpha value is -1.41. The van der Waals surface area contributed by atoms with E-state index < -0.39 is 12.3 Å². The molecule has 2 N–H and O–H groups in total. The number of rotatable bonds is 4. The molecule has 1 aromatic rings. The fourth-order valence-electron chi connectivity index (χ4n) is 2.60. The van der Waals surface area contributed by atoms with Crippen molar-refractivity contribution in [1.82, 2.24) is 9.97 Å². The van der Waals surface area contributed by atoms with E-state index in [0.29, 0.717) is 18.1 Å². The van der Waals surface area contributed by atoms with Crippen LogP contribution in [0.1, 0.15) is 44.8 Å². The molecule has 0 spiro atoms. The van der Waals surface area contributed by atoms with Crippen molar-refractivity contribution < 1.29 is 13.9 Å². The number of aromatic nitrogens is 2. The summed E-state index contributed by atoms with van der Waals surface area (Å²) >= 11 is 1.20. The van der Waals surface area contributed by atoms with E-state index in [1.54, 1.807) is 12.5 Å². The summed E-state index contributed by atoms with van der Waals surface area (Å²) in [6.45, 7) is 6.08. The van der Waals surface area contributed by atoms with Crippen molar-refractivity contribution in [1.29, 1.82) is 5.41 Å². The molecule has 8 heteroatoms. The molecular formula is C15H23FN4O2S. The Morgan fingerprint density at radius 2 is 2.30 bits per heavy atom. The summed E-state index contributed by atoms with van der Waals surface area (Å²) in [5.74, 6) is 0.456. The summed E-state index contributed by atoms with van der Waals surface area (Å²) < 4.78 is 25.7. The number of hydrogen-bond acceptors (Lipinski definition) is 5. The van der Waals surface area contributed by atoms with Crippen molar-refractivity contribution >= 4 is 22.8 Å². The van der Waals surface area contributed by atoms with Gasteiger partial charge in [0, 0.05) is 5.92 Å². The maximum atomic E-state index is 14.5. The first-order valence-electron chi connectivity index (χ1n) is 7.70. The highest BCUT2D eigenvalue weighted by molar-refractivity contribution is 8.13. The van der Waals surface area contributed by atoms with Crippen LogP contribution in [0.3, 0.4) is 0 Å². The van der Waals surface area contributed by atoms with Crippen LogP contribution in [0.2, 0.25) is 0 Å². The van der Waals surface area contributed by atoms with Gasteiger partial charge in [0.05, 0.1) is 24.6 Å². The quantitative estimate of drug-likeness (QED) is 0.649. The molecule has 2 heterocycles. The van der Waals surface area contributed by atoms with Crippen LogP contribution in [-0.2, 0) is 9.47 Å². The van der Waals surface area contributed by atoms with Gasteiger partial charge in [0.25, 0.3) is 5.90 Å². The number of thioether (sulfide) groups is 1. The third kappa shape index (κ3) is 3.92. The first-order valence-corrected chi connectivity index (χ1v) is 8.93. The molecule has 2 rings (SSSR count). The van der Waals surface area contributed by atoms with Gasteiger partial charge in [-0.15, -0.1) is 0 Å². The van der Waals surface area contributed by atoms with Crippen molar-refractivity contribution in [3.05, 3.63) is 17.7 Å². The van der Waals surface area contributed by atoms with E-state index in [2.05, 4.69) is 15.0 Å². The van der Waals surface area contributed by atoms with Crippen LogP contribution in [0.15, 0.2) is 11.2 Å². The molecule has 23 heavy (non-hydrogen) atoms. The fourth-order valence-corrected chi connectivity index (χ4v) is 2.77. The number of halogens is 1. The number of amidine groups is 1. The molecule has 4 atom stereocenters. The summed E-state index contributed by atoms with van der Waals surface area (Å²) in [5.41, 5.74) is 0.568. The van der Waals surface area contributed by atoms with Gasteiger partial charge < -0.3 is 14.5 Å². The summed E-state index contributed by atoms with van der Waals surface area (Å²) in [6, 6.07) is 0. The molecule has 1 fully saturated rings. The molecule has 1 aliphatic rings. The van der Waals surface area contributed by atoms with E-state index in [-0.39, 0.29) is 23.1 Å². The maximum absolute atomic E-state index is 14.5. The van der Waals surface area contributed by atoms with E-state index in [1.165, 1.54) is 11.8 Å². The van der Waals surface area contributed by atoms with Gasteiger partial charge in [0.1, 0.15) is 12.3 Å². The lowest BCUT2D eigenvalue weighted by atomic mass is 9.97. The van der Waals surface area contributed by atoms with Crippen LogP contribution in [0.5, 0.6) is 0 Å². The van der Waals surface area contributed by atoms with Crippen LogP contribution < -0.4 is 0 Å². The fraction of sp³-hybridized carbons (Fsp3) is 0.667. The number of alkyl halides is 1. The number of ether oxygens (including phenoxy) is 2. The topological polar surface area (TPSA) is 83.3 Å². The third-order valence-electron chi connectivity index (χ3n) is 3.88. The van der Waals surface area contributed by atoms with Gasteiger partial charge >= 0.3 is 0 Å². The molecule has 1 aliphatic heterocycles. The predicted molar refractivity (Wildman–Crippen MR) is 90.0 cm³/mol. The van der Waals surface area contributed by atoms with E-state index in [1.807, 2.05) is 20.8 Å². The van der Waals surface area contributed by atoms with Crippen LogP contribution >= 0.6 is 11.8 Å². The molecule has 0 aromatic carbocycles. The first-order chi connectivity index (χ1) is 11.0. The first kappa shape index (κ1) is 17.9. The summed E-state index contributed by atoms with van der Waals surface area (Å²) in [7, 11) is 0. The van der Waals surface area contributed by atoms with Crippen molar-refractivity contribution in [3.63, 3.8) is 0 Å². The lowest BCUT2D eigenvalue weighted by molar-refractivity contribution is 0.0208. The number of H-pyrrole nitrogens is 1. The van der Waals surface area contributed by atoms with E-state index >= 15 is 0 Å². The van der Waals surface area contributed by atoms with E-state index in [4.69, 9.17) is 14.9 Å². The average Bonchev–Trinajstić information content (AvgIpc) is 3.13. The lowest BCUT2D eigenvalue weighted by Crippen LogP contribution is -2.17. The lowest BCUT2D eigenvalue weighted by Gasteiger charge is -2.11. The molecule has 0 unspecified atom stereocenters. The van der Waals surface area contributed by atoms with Crippen LogP contribution in [0, 0.1) is 11.3 Å². The van der Waals surface area contributed by atoms with Crippen molar-refractivity contribution in [2.45, 2.75) is 45.6 Å². The van der Waals surface area contributed by atoms with Gasteiger partial charge in [0.15, 0.2) is 11.0 Å². The van der Waals surface area contributed by atoms with Gasteiger partial charge in [-0.3, -0.25) is 5.41 Å². The number of imidazole rings is 1. The third-order valence-corrected chi connectivity index (χ3v) is 4.36. The molecule has 128 valence electrons. The standard InChI is InChI=1S/C15H23FN4O2S/c1-5-10-8(3)11(16)12(22-10)9-7-18-13(19-9)14(21-6-2)20-15(17)23-4/h7-8,10-12,17H,5-6H2,1-4H3,(H,18,19)/t8-,10-,11-,12+/m1/s1. The van der Waals surface area contributed by atoms with Crippen LogP contribution in [0.4, 0.5) is 4.39 Å². The minimum Gasteiger partial charge on any atom is -0.475 e. The number of nitrogens with one attached hydrogen (secondary N) is 2. The number of hydrogen-bond donors (Lipinski definition) is 2. The molecule has 1 aromatic heterocycles. The summed E-state index contributed by atoms with van der Waals surface area (Å²) in [6.07, 6.45) is 2.26. The van der Waals surface area contributed by atoms with Gasteiger partial charge in [-0.25, -0.2) is 9.37 Å². The molecular weight excluding hydrogens is 319 g/mol. The average molecular weight is 342 g/mol. The molecule has 0 aliphatic carbocycles.